The van der Waals surface area contributed by atoms with E-state index in [2.05, 4.69) is 0 Å². The van der Waals surface area contributed by atoms with E-state index in [-0.39, 0.29) is 5.56 Å². The Morgan fingerprint density at radius 2 is 1.65 bits per heavy atom. The van der Waals surface area contributed by atoms with Gasteiger partial charge in [-0.05, 0) is 18.2 Å². The molecule has 2 aromatic rings. The summed E-state index contributed by atoms with van der Waals surface area (Å²) >= 11 is 0. The van der Waals surface area contributed by atoms with Crippen molar-refractivity contribution in [1.29, 1.82) is 0 Å². The van der Waals surface area contributed by atoms with Crippen LogP contribution in [0.5, 0.6) is 11.5 Å². The predicted molar refractivity (Wildman–Crippen MR) is 64.9 cm³/mol. The highest BCUT2D eigenvalue weighted by atomic mass is 19.1. The Morgan fingerprint density at radius 1 is 1.05 bits per heavy atom. The Bertz CT molecular complexity index is 688. The summed E-state index contributed by atoms with van der Waals surface area (Å²) in [6, 6.07) is 6.58. The van der Waals surface area contributed by atoms with Crippen molar-refractivity contribution < 1.29 is 23.2 Å². The Labute approximate surface area is 111 Å². The number of halogens is 2. The molecule has 0 aromatic heterocycles. The summed E-state index contributed by atoms with van der Waals surface area (Å²) in [7, 11) is 0. The second-order valence-electron chi connectivity index (χ2n) is 3.72. The molecule has 2 rings (SSSR count). The summed E-state index contributed by atoms with van der Waals surface area (Å²) in [6.07, 6.45) is 0.311. The Balaban J connectivity index is 2.56. The highest BCUT2D eigenvalue weighted by Crippen LogP contribution is 2.35. The molecule has 7 heteroatoms. The summed E-state index contributed by atoms with van der Waals surface area (Å²) in [5.74, 6) is -3.26. The number of carbonyl (C=O) groups excluding carboxylic acids is 1. The van der Waals surface area contributed by atoms with Crippen LogP contribution in [0.4, 0.5) is 14.5 Å². The van der Waals surface area contributed by atoms with Crippen LogP contribution in [0.3, 0.4) is 0 Å². The normalized spacial score (nSPS) is 10.1. The molecule has 0 N–H and O–H groups in total. The first kappa shape index (κ1) is 13.6. The van der Waals surface area contributed by atoms with E-state index in [4.69, 9.17) is 4.74 Å². The molecule has 0 aliphatic heterocycles. The van der Waals surface area contributed by atoms with Gasteiger partial charge in [0.05, 0.1) is 10.5 Å². The number of hydrogen-bond acceptors (Lipinski definition) is 4. The molecule has 0 atom stereocenters. The Kier molecular flexibility index (Phi) is 3.69. The molecule has 0 fully saturated rings. The molecule has 0 radical (unpaired) electrons. The molecule has 0 amide bonds. The third-order valence-corrected chi connectivity index (χ3v) is 2.47. The van der Waals surface area contributed by atoms with Crippen LogP contribution >= 0.6 is 0 Å². The van der Waals surface area contributed by atoms with Gasteiger partial charge in [0.15, 0.2) is 23.7 Å². The summed E-state index contributed by atoms with van der Waals surface area (Å²) in [5.41, 5.74) is -0.840. The van der Waals surface area contributed by atoms with Gasteiger partial charge >= 0.3 is 5.69 Å². The van der Waals surface area contributed by atoms with Crippen LogP contribution in [0.25, 0.3) is 0 Å². The maximum atomic E-state index is 13.6. The van der Waals surface area contributed by atoms with Gasteiger partial charge in [-0.1, -0.05) is 12.1 Å². The van der Waals surface area contributed by atoms with Gasteiger partial charge in [-0.15, -0.1) is 0 Å². The fourth-order valence-electron chi connectivity index (χ4n) is 1.57. The summed E-state index contributed by atoms with van der Waals surface area (Å²) in [6.45, 7) is 0. The molecule has 5 nitrogen and oxygen atoms in total. The number of nitro groups is 1. The van der Waals surface area contributed by atoms with Gasteiger partial charge in [0.1, 0.15) is 0 Å². The van der Waals surface area contributed by atoms with Crippen molar-refractivity contribution in [3.8, 4) is 11.5 Å². The number of para-hydroxylation sites is 2. The van der Waals surface area contributed by atoms with Crippen molar-refractivity contribution in [1.82, 2.24) is 0 Å². The molecule has 0 aliphatic rings. The molecule has 102 valence electrons. The average Bonchev–Trinajstić information content (AvgIpc) is 2.42. The van der Waals surface area contributed by atoms with E-state index >= 15 is 0 Å². The number of nitro benzene ring substituents is 1. The fourth-order valence-corrected chi connectivity index (χ4v) is 1.57. The molecule has 2 aromatic carbocycles. The molecular formula is C13H7F2NO4. The minimum atomic E-state index is -1.03. The van der Waals surface area contributed by atoms with Crippen LogP contribution in [-0.4, -0.2) is 11.2 Å². The lowest BCUT2D eigenvalue weighted by atomic mass is 10.2. The van der Waals surface area contributed by atoms with E-state index in [1.165, 1.54) is 12.1 Å². The topological polar surface area (TPSA) is 69.4 Å². The van der Waals surface area contributed by atoms with E-state index < -0.39 is 33.7 Å². The minimum Gasteiger partial charge on any atom is -0.443 e. The van der Waals surface area contributed by atoms with Crippen LogP contribution in [0.1, 0.15) is 10.4 Å². The van der Waals surface area contributed by atoms with Gasteiger partial charge in [-0.25, -0.2) is 8.78 Å². The fraction of sp³-hybridized carbons (Fsp3) is 0. The molecule has 0 heterocycles. The molecule has 0 bridgehead atoms. The first-order chi connectivity index (χ1) is 9.54. The van der Waals surface area contributed by atoms with Crippen LogP contribution in [0.2, 0.25) is 0 Å². The largest absolute Gasteiger partial charge is 0.443 e. The highest BCUT2D eigenvalue weighted by Gasteiger charge is 2.22. The van der Waals surface area contributed by atoms with Crippen LogP contribution in [0.15, 0.2) is 36.4 Å². The number of carbonyl (C=O) groups is 1. The first-order valence-corrected chi connectivity index (χ1v) is 5.39. The van der Waals surface area contributed by atoms with Gasteiger partial charge in [0.2, 0.25) is 5.75 Å². The van der Waals surface area contributed by atoms with Crippen molar-refractivity contribution in [2.24, 2.45) is 0 Å². The van der Waals surface area contributed by atoms with E-state index in [0.29, 0.717) is 6.29 Å². The van der Waals surface area contributed by atoms with Gasteiger partial charge in [-0.3, -0.25) is 14.9 Å². The second kappa shape index (κ2) is 5.43. The third-order valence-electron chi connectivity index (χ3n) is 2.47. The first-order valence-electron chi connectivity index (χ1n) is 5.39. The zero-order valence-electron chi connectivity index (χ0n) is 9.88. The van der Waals surface area contributed by atoms with Crippen LogP contribution < -0.4 is 4.74 Å². The summed E-state index contributed by atoms with van der Waals surface area (Å²) in [5, 5.41) is 10.8. The standard InChI is InChI=1S/C13H7F2NO4/c14-9-4-1-3-8(7-17)12(9)20-13-10(15)5-2-6-11(13)16(18)19/h1-7H. The van der Waals surface area contributed by atoms with E-state index in [9.17, 15) is 23.7 Å². The van der Waals surface area contributed by atoms with Crippen molar-refractivity contribution in [2.75, 3.05) is 0 Å². The van der Waals surface area contributed by atoms with E-state index in [1.54, 1.807) is 0 Å². The zero-order valence-corrected chi connectivity index (χ0v) is 9.88. The third kappa shape index (κ3) is 2.46. The quantitative estimate of drug-likeness (QED) is 0.488. The Hall–Kier alpha value is -2.83. The number of benzene rings is 2. The smallest absolute Gasteiger partial charge is 0.314 e. The maximum Gasteiger partial charge on any atom is 0.314 e. The highest BCUT2D eigenvalue weighted by molar-refractivity contribution is 5.79. The second-order valence-corrected chi connectivity index (χ2v) is 3.72. The van der Waals surface area contributed by atoms with Crippen molar-refractivity contribution in [2.45, 2.75) is 0 Å². The number of nitrogens with zero attached hydrogens (tertiary/aromatic N) is 1. The number of ether oxygens (including phenoxy) is 1. The Morgan fingerprint density at radius 3 is 2.25 bits per heavy atom. The molecule has 20 heavy (non-hydrogen) atoms. The van der Waals surface area contributed by atoms with Crippen molar-refractivity contribution in [3.05, 3.63) is 63.7 Å². The van der Waals surface area contributed by atoms with Gasteiger partial charge < -0.3 is 4.74 Å². The van der Waals surface area contributed by atoms with E-state index in [1.807, 2.05) is 0 Å². The van der Waals surface area contributed by atoms with Crippen LogP contribution in [-0.2, 0) is 0 Å². The maximum absolute atomic E-state index is 13.6. The van der Waals surface area contributed by atoms with Gasteiger partial charge in [0, 0.05) is 6.07 Å². The number of hydrogen-bond donors (Lipinski definition) is 0. The number of aldehydes is 1. The lowest BCUT2D eigenvalue weighted by Crippen LogP contribution is -1.99. The van der Waals surface area contributed by atoms with Crippen molar-refractivity contribution >= 4 is 12.0 Å². The molecule has 0 unspecified atom stereocenters. The zero-order chi connectivity index (χ0) is 14.7. The predicted octanol–water partition coefficient (Wildman–Crippen LogP) is 3.48. The molecule has 0 spiro atoms. The lowest BCUT2D eigenvalue weighted by molar-refractivity contribution is -0.385. The van der Waals surface area contributed by atoms with E-state index in [0.717, 1.165) is 24.3 Å². The summed E-state index contributed by atoms with van der Waals surface area (Å²) < 4.78 is 32.2. The molecular weight excluding hydrogens is 272 g/mol. The van der Waals surface area contributed by atoms with Gasteiger partial charge in [0.25, 0.3) is 0 Å². The lowest BCUT2D eigenvalue weighted by Gasteiger charge is -2.09. The molecule has 0 aliphatic carbocycles. The average molecular weight is 279 g/mol. The van der Waals surface area contributed by atoms with Gasteiger partial charge in [-0.2, -0.15) is 0 Å². The summed E-state index contributed by atoms with van der Waals surface area (Å²) in [4.78, 5) is 20.7. The number of rotatable bonds is 4. The minimum absolute atomic E-state index is 0.178. The monoisotopic (exact) mass is 279 g/mol. The van der Waals surface area contributed by atoms with Crippen LogP contribution in [0, 0.1) is 21.7 Å². The van der Waals surface area contributed by atoms with Crippen molar-refractivity contribution in [3.63, 3.8) is 0 Å². The SMILES string of the molecule is O=Cc1cccc(F)c1Oc1c(F)cccc1[N+](=O)[O-]. The molecule has 0 saturated carbocycles. The molecule has 0 saturated heterocycles.